The van der Waals surface area contributed by atoms with Crippen LogP contribution in [0.1, 0.15) is 5.56 Å². The van der Waals surface area contributed by atoms with Crippen LogP contribution in [0.3, 0.4) is 0 Å². The molecule has 4 nitrogen and oxygen atoms in total. The van der Waals surface area contributed by atoms with Crippen molar-refractivity contribution in [3.05, 3.63) is 23.8 Å². The Morgan fingerprint density at radius 2 is 1.84 bits per heavy atom. The topological polar surface area (TPSA) is 63.6 Å². The Morgan fingerprint density at radius 1 is 1.26 bits per heavy atom. The highest BCUT2D eigenvalue weighted by Crippen LogP contribution is 2.38. The lowest BCUT2D eigenvalue weighted by atomic mass is 10.2. The first-order valence-electron chi connectivity index (χ1n) is 4.62. The van der Waals surface area contributed by atoms with Crippen molar-refractivity contribution < 1.29 is 39.7 Å². The van der Waals surface area contributed by atoms with E-state index in [9.17, 15) is 30.4 Å². The Morgan fingerprint density at radius 3 is 2.26 bits per heavy atom. The molecule has 108 valence electrons. The molecule has 0 aromatic heterocycles. The fourth-order valence-electron chi connectivity index (χ4n) is 1.27. The molecule has 0 saturated carbocycles. The van der Waals surface area contributed by atoms with Crippen molar-refractivity contribution in [1.82, 2.24) is 0 Å². The smallest absolute Gasteiger partial charge is 0.417 e. The normalized spacial score (nSPS) is 12.8. The minimum Gasteiger partial charge on any atom is -0.486 e. The van der Waals surface area contributed by atoms with E-state index in [2.05, 4.69) is 4.74 Å². The number of hydrogen-bond donors (Lipinski definition) is 1. The standard InChI is InChI=1S/C9H7F5O4S/c10-7(11)4-18-6-3-1-2-5(9(12,13)14)8(6)19(15,16)17/h1-3,7H,4H2,(H,15,16,17). The molecule has 0 atom stereocenters. The third kappa shape index (κ3) is 4.03. The molecular weight excluding hydrogens is 299 g/mol. The second kappa shape index (κ2) is 5.29. The van der Waals surface area contributed by atoms with Gasteiger partial charge in [-0.3, -0.25) is 4.55 Å². The summed E-state index contributed by atoms with van der Waals surface area (Å²) in [7, 11) is -5.29. The summed E-state index contributed by atoms with van der Waals surface area (Å²) in [6.07, 6.45) is -8.10. The molecule has 10 heteroatoms. The van der Waals surface area contributed by atoms with E-state index in [0.29, 0.717) is 6.07 Å². The van der Waals surface area contributed by atoms with Crippen LogP contribution in [0.4, 0.5) is 22.0 Å². The molecule has 1 aromatic rings. The van der Waals surface area contributed by atoms with Gasteiger partial charge in [-0.15, -0.1) is 0 Å². The van der Waals surface area contributed by atoms with Gasteiger partial charge < -0.3 is 4.74 Å². The molecule has 1 rings (SSSR count). The van der Waals surface area contributed by atoms with Gasteiger partial charge in [-0.05, 0) is 12.1 Å². The van der Waals surface area contributed by atoms with Gasteiger partial charge in [-0.25, -0.2) is 8.78 Å². The quantitative estimate of drug-likeness (QED) is 0.686. The summed E-state index contributed by atoms with van der Waals surface area (Å²) >= 11 is 0. The van der Waals surface area contributed by atoms with Crippen molar-refractivity contribution in [2.24, 2.45) is 0 Å². The van der Waals surface area contributed by atoms with E-state index in [4.69, 9.17) is 4.55 Å². The van der Waals surface area contributed by atoms with Crippen LogP contribution in [0, 0.1) is 0 Å². The number of halogens is 5. The molecule has 0 unspecified atom stereocenters. The molecule has 0 saturated heterocycles. The van der Waals surface area contributed by atoms with Gasteiger partial charge in [-0.1, -0.05) is 6.07 Å². The SMILES string of the molecule is O=S(=O)(O)c1c(OCC(F)F)cccc1C(F)(F)F. The van der Waals surface area contributed by atoms with Crippen LogP contribution < -0.4 is 4.74 Å². The van der Waals surface area contributed by atoms with Crippen molar-refractivity contribution in [2.75, 3.05) is 6.61 Å². The lowest BCUT2D eigenvalue weighted by Gasteiger charge is -2.15. The highest BCUT2D eigenvalue weighted by atomic mass is 32.2. The van der Waals surface area contributed by atoms with Gasteiger partial charge in [0.25, 0.3) is 16.5 Å². The molecule has 0 amide bonds. The van der Waals surface area contributed by atoms with Gasteiger partial charge in [0.05, 0.1) is 5.56 Å². The minimum absolute atomic E-state index is 0.387. The number of ether oxygens (including phenoxy) is 1. The average Bonchev–Trinajstić information content (AvgIpc) is 2.23. The van der Waals surface area contributed by atoms with Gasteiger partial charge in [-0.2, -0.15) is 21.6 Å². The van der Waals surface area contributed by atoms with Gasteiger partial charge >= 0.3 is 6.18 Å². The van der Waals surface area contributed by atoms with Crippen LogP contribution in [0.5, 0.6) is 5.75 Å². The third-order valence-corrected chi connectivity index (χ3v) is 2.84. The monoisotopic (exact) mass is 306 g/mol. The molecule has 0 radical (unpaired) electrons. The maximum absolute atomic E-state index is 12.6. The van der Waals surface area contributed by atoms with E-state index < -0.39 is 45.5 Å². The molecule has 0 aliphatic rings. The van der Waals surface area contributed by atoms with Gasteiger partial charge in [0.15, 0.2) is 0 Å². The second-order valence-electron chi connectivity index (χ2n) is 3.31. The summed E-state index contributed by atoms with van der Waals surface area (Å²) in [5.41, 5.74) is -1.69. The second-order valence-corrected chi connectivity index (χ2v) is 4.67. The first kappa shape index (κ1) is 15.6. The largest absolute Gasteiger partial charge is 0.486 e. The molecule has 0 fully saturated rings. The highest BCUT2D eigenvalue weighted by molar-refractivity contribution is 7.86. The summed E-state index contributed by atoms with van der Waals surface area (Å²) < 4.78 is 96.5. The number of hydrogen-bond acceptors (Lipinski definition) is 3. The number of benzene rings is 1. The molecule has 1 aromatic carbocycles. The van der Waals surface area contributed by atoms with Crippen molar-refractivity contribution in [1.29, 1.82) is 0 Å². The maximum atomic E-state index is 12.6. The van der Waals surface area contributed by atoms with Gasteiger partial charge in [0, 0.05) is 0 Å². The van der Waals surface area contributed by atoms with Crippen molar-refractivity contribution >= 4 is 10.1 Å². The predicted molar refractivity (Wildman–Crippen MR) is 52.8 cm³/mol. The van der Waals surface area contributed by atoms with E-state index in [0.717, 1.165) is 12.1 Å². The van der Waals surface area contributed by atoms with Crippen LogP contribution >= 0.6 is 0 Å². The maximum Gasteiger partial charge on any atom is 0.417 e. The zero-order valence-electron chi connectivity index (χ0n) is 8.99. The van der Waals surface area contributed by atoms with Crippen LogP contribution in [0.2, 0.25) is 0 Å². The number of rotatable bonds is 4. The van der Waals surface area contributed by atoms with E-state index in [1.165, 1.54) is 0 Å². The molecule has 19 heavy (non-hydrogen) atoms. The van der Waals surface area contributed by atoms with E-state index in [-0.39, 0.29) is 0 Å². The summed E-state index contributed by atoms with van der Waals surface area (Å²) in [5.74, 6) is -0.988. The zero-order chi connectivity index (χ0) is 14.8. The Bertz CT molecular complexity index is 552. The van der Waals surface area contributed by atoms with Crippen molar-refractivity contribution in [3.8, 4) is 5.75 Å². The predicted octanol–water partition coefficient (Wildman–Crippen LogP) is 2.60. The molecule has 0 heterocycles. The van der Waals surface area contributed by atoms with Crippen molar-refractivity contribution in [2.45, 2.75) is 17.5 Å². The minimum atomic E-state index is -5.29. The fraction of sp³-hybridized carbons (Fsp3) is 0.333. The Balaban J connectivity index is 3.40. The summed E-state index contributed by atoms with van der Waals surface area (Å²) in [5, 5.41) is 0. The van der Waals surface area contributed by atoms with Crippen LogP contribution in [-0.4, -0.2) is 26.0 Å². The van der Waals surface area contributed by atoms with Crippen molar-refractivity contribution in [3.63, 3.8) is 0 Å². The third-order valence-electron chi connectivity index (χ3n) is 1.91. The zero-order valence-corrected chi connectivity index (χ0v) is 9.80. The fourth-order valence-corrected chi connectivity index (χ4v) is 2.11. The first-order chi connectivity index (χ1) is 8.53. The van der Waals surface area contributed by atoms with E-state index >= 15 is 0 Å². The summed E-state index contributed by atoms with van der Waals surface area (Å²) in [6, 6.07) is 1.90. The molecule has 0 bridgehead atoms. The van der Waals surface area contributed by atoms with Crippen LogP contribution in [0.25, 0.3) is 0 Å². The summed E-state index contributed by atoms with van der Waals surface area (Å²) in [6.45, 7) is -1.30. The van der Waals surface area contributed by atoms with Crippen LogP contribution in [-0.2, 0) is 16.3 Å². The van der Waals surface area contributed by atoms with E-state index in [1.54, 1.807) is 0 Å². The number of alkyl halides is 5. The van der Waals surface area contributed by atoms with Crippen LogP contribution in [0.15, 0.2) is 23.1 Å². The average molecular weight is 306 g/mol. The molecule has 0 aliphatic carbocycles. The summed E-state index contributed by atoms with van der Waals surface area (Å²) in [4.78, 5) is -1.58. The van der Waals surface area contributed by atoms with Gasteiger partial charge in [0.1, 0.15) is 17.3 Å². The lowest BCUT2D eigenvalue weighted by Crippen LogP contribution is -2.16. The lowest BCUT2D eigenvalue weighted by molar-refractivity contribution is -0.140. The van der Waals surface area contributed by atoms with Gasteiger partial charge in [0.2, 0.25) is 0 Å². The molecule has 1 N–H and O–H groups in total. The Hall–Kier alpha value is -1.42. The Labute approximate surface area is 104 Å². The molecular formula is C9H7F5O4S. The first-order valence-corrected chi connectivity index (χ1v) is 6.06. The highest BCUT2D eigenvalue weighted by Gasteiger charge is 2.39. The Kier molecular flexibility index (Phi) is 4.35. The molecule has 0 aliphatic heterocycles. The molecule has 0 spiro atoms. The van der Waals surface area contributed by atoms with E-state index in [1.807, 2.05) is 0 Å².